The lowest BCUT2D eigenvalue weighted by atomic mass is 10.1. The van der Waals surface area contributed by atoms with Crippen LogP contribution in [0.5, 0.6) is 0 Å². The highest BCUT2D eigenvalue weighted by atomic mass is 16.1. The minimum atomic E-state index is -0.205. The van der Waals surface area contributed by atoms with Gasteiger partial charge in [-0.15, -0.1) is 0 Å². The van der Waals surface area contributed by atoms with Gasteiger partial charge in [0.2, 0.25) is 0 Å². The van der Waals surface area contributed by atoms with Crippen LogP contribution in [0.1, 0.15) is 18.0 Å². The van der Waals surface area contributed by atoms with E-state index in [4.69, 9.17) is 11.5 Å². The molecule has 1 atom stereocenters. The van der Waals surface area contributed by atoms with Crippen molar-refractivity contribution in [2.45, 2.75) is 12.5 Å². The van der Waals surface area contributed by atoms with Crippen molar-refractivity contribution in [2.75, 3.05) is 5.73 Å². The molecule has 1 unspecified atom stereocenters. The fourth-order valence-electron chi connectivity index (χ4n) is 0.983. The Hall–Kier alpha value is -1.35. The van der Waals surface area contributed by atoms with Gasteiger partial charge in [-0.3, -0.25) is 0 Å². The minimum absolute atomic E-state index is 0.205. The van der Waals surface area contributed by atoms with Crippen LogP contribution >= 0.6 is 0 Å². The van der Waals surface area contributed by atoms with Crippen LogP contribution in [-0.4, -0.2) is 6.29 Å². The van der Waals surface area contributed by atoms with Crippen LogP contribution in [0.2, 0.25) is 0 Å². The lowest BCUT2D eigenvalue weighted by Crippen LogP contribution is -2.10. The zero-order chi connectivity index (χ0) is 8.97. The van der Waals surface area contributed by atoms with E-state index < -0.39 is 0 Å². The lowest BCUT2D eigenvalue weighted by molar-refractivity contribution is -0.108. The summed E-state index contributed by atoms with van der Waals surface area (Å²) in [6.45, 7) is 0. The van der Waals surface area contributed by atoms with E-state index in [1.165, 1.54) is 0 Å². The second-order valence-corrected chi connectivity index (χ2v) is 2.68. The maximum atomic E-state index is 10.2. The molecule has 3 nitrogen and oxygen atoms in total. The van der Waals surface area contributed by atoms with E-state index >= 15 is 0 Å². The molecule has 0 aromatic heterocycles. The van der Waals surface area contributed by atoms with Crippen molar-refractivity contribution in [1.82, 2.24) is 0 Å². The van der Waals surface area contributed by atoms with Gasteiger partial charge >= 0.3 is 0 Å². The van der Waals surface area contributed by atoms with Crippen LogP contribution in [0, 0.1) is 0 Å². The number of nitrogens with two attached hydrogens (primary N) is 2. The molecule has 0 radical (unpaired) electrons. The molecule has 0 aliphatic rings. The van der Waals surface area contributed by atoms with Crippen LogP contribution in [0.3, 0.4) is 0 Å². The molecule has 0 aliphatic heterocycles. The van der Waals surface area contributed by atoms with Crippen molar-refractivity contribution in [2.24, 2.45) is 5.73 Å². The first kappa shape index (κ1) is 8.74. The van der Waals surface area contributed by atoms with Gasteiger partial charge in [0, 0.05) is 18.2 Å². The first-order chi connectivity index (χ1) is 5.74. The largest absolute Gasteiger partial charge is 0.399 e. The molecule has 12 heavy (non-hydrogen) atoms. The maximum Gasteiger partial charge on any atom is 0.121 e. The Bertz CT molecular complexity index is 256. The molecule has 0 heterocycles. The summed E-state index contributed by atoms with van der Waals surface area (Å²) >= 11 is 0. The number of hydrogen-bond acceptors (Lipinski definition) is 3. The van der Waals surface area contributed by atoms with Crippen molar-refractivity contribution in [3.63, 3.8) is 0 Å². The molecule has 0 amide bonds. The maximum absolute atomic E-state index is 10.2. The average Bonchev–Trinajstić information content (AvgIpc) is 2.06. The first-order valence-corrected chi connectivity index (χ1v) is 3.78. The van der Waals surface area contributed by atoms with Gasteiger partial charge < -0.3 is 16.3 Å². The number of anilines is 1. The molecule has 0 saturated heterocycles. The highest BCUT2D eigenvalue weighted by Crippen LogP contribution is 2.14. The predicted molar refractivity (Wildman–Crippen MR) is 48.5 cm³/mol. The zero-order valence-corrected chi connectivity index (χ0v) is 6.73. The van der Waals surface area contributed by atoms with Crippen molar-refractivity contribution in [3.05, 3.63) is 29.8 Å². The molecule has 0 bridgehead atoms. The van der Waals surface area contributed by atoms with E-state index in [1.807, 2.05) is 12.1 Å². The SMILES string of the molecule is Nc1ccc(C(N)CC=O)cc1. The third-order valence-corrected chi connectivity index (χ3v) is 1.71. The molecule has 1 aromatic carbocycles. The van der Waals surface area contributed by atoms with Gasteiger partial charge in [0.1, 0.15) is 6.29 Å². The van der Waals surface area contributed by atoms with E-state index in [1.54, 1.807) is 12.1 Å². The smallest absolute Gasteiger partial charge is 0.121 e. The van der Waals surface area contributed by atoms with Crippen molar-refractivity contribution in [3.8, 4) is 0 Å². The van der Waals surface area contributed by atoms with Crippen LogP contribution < -0.4 is 11.5 Å². The Morgan fingerprint density at radius 3 is 2.42 bits per heavy atom. The lowest BCUT2D eigenvalue weighted by Gasteiger charge is -2.07. The monoisotopic (exact) mass is 164 g/mol. The topological polar surface area (TPSA) is 69.1 Å². The molecular weight excluding hydrogens is 152 g/mol. The van der Waals surface area contributed by atoms with Gasteiger partial charge in [0.15, 0.2) is 0 Å². The Morgan fingerprint density at radius 1 is 1.33 bits per heavy atom. The van der Waals surface area contributed by atoms with Gasteiger partial charge in [0.05, 0.1) is 0 Å². The van der Waals surface area contributed by atoms with Crippen LogP contribution in [0.25, 0.3) is 0 Å². The van der Waals surface area contributed by atoms with Crippen molar-refractivity contribution >= 4 is 12.0 Å². The summed E-state index contributed by atoms with van der Waals surface area (Å²) in [4.78, 5) is 10.2. The number of aldehydes is 1. The van der Waals surface area contributed by atoms with E-state index in [-0.39, 0.29) is 6.04 Å². The van der Waals surface area contributed by atoms with Gasteiger partial charge in [-0.2, -0.15) is 0 Å². The average molecular weight is 164 g/mol. The van der Waals surface area contributed by atoms with Crippen molar-refractivity contribution < 1.29 is 4.79 Å². The summed E-state index contributed by atoms with van der Waals surface area (Å²) in [5.74, 6) is 0. The van der Waals surface area contributed by atoms with Crippen LogP contribution in [-0.2, 0) is 4.79 Å². The summed E-state index contributed by atoms with van der Waals surface area (Å²) in [6.07, 6.45) is 1.17. The third-order valence-electron chi connectivity index (χ3n) is 1.71. The standard InChI is InChI=1S/C9H12N2O/c10-8-3-1-7(2-4-8)9(11)5-6-12/h1-4,6,9H,5,10-11H2. The zero-order valence-electron chi connectivity index (χ0n) is 6.73. The Labute approximate surface area is 71.4 Å². The quantitative estimate of drug-likeness (QED) is 0.514. The summed E-state index contributed by atoms with van der Waals surface area (Å²) in [6, 6.07) is 7.02. The van der Waals surface area contributed by atoms with Gasteiger partial charge in [-0.1, -0.05) is 12.1 Å². The number of benzene rings is 1. The first-order valence-electron chi connectivity index (χ1n) is 3.78. The van der Waals surface area contributed by atoms with Crippen molar-refractivity contribution in [1.29, 1.82) is 0 Å². The third kappa shape index (κ3) is 2.07. The molecular formula is C9H12N2O. The second kappa shape index (κ2) is 3.88. The van der Waals surface area contributed by atoms with E-state index in [0.29, 0.717) is 12.1 Å². The second-order valence-electron chi connectivity index (χ2n) is 2.68. The highest BCUT2D eigenvalue weighted by molar-refractivity contribution is 5.52. The molecule has 64 valence electrons. The molecule has 0 saturated carbocycles. The normalized spacial score (nSPS) is 12.4. The fourth-order valence-corrected chi connectivity index (χ4v) is 0.983. The molecule has 4 N–H and O–H groups in total. The molecule has 1 aromatic rings. The predicted octanol–water partition coefficient (Wildman–Crippen LogP) is 0.858. The number of hydrogen-bond donors (Lipinski definition) is 2. The van der Waals surface area contributed by atoms with Crippen LogP contribution in [0.15, 0.2) is 24.3 Å². The summed E-state index contributed by atoms with van der Waals surface area (Å²) in [5.41, 5.74) is 12.8. The molecule has 0 aliphatic carbocycles. The number of nitrogen functional groups attached to an aromatic ring is 1. The van der Waals surface area contributed by atoms with E-state index in [0.717, 1.165) is 11.8 Å². The number of carbonyl (C=O) groups excluding carboxylic acids is 1. The Kier molecular flexibility index (Phi) is 2.82. The van der Waals surface area contributed by atoms with E-state index in [2.05, 4.69) is 0 Å². The fraction of sp³-hybridized carbons (Fsp3) is 0.222. The van der Waals surface area contributed by atoms with Gasteiger partial charge in [0.25, 0.3) is 0 Å². The van der Waals surface area contributed by atoms with Gasteiger partial charge in [-0.05, 0) is 17.7 Å². The van der Waals surface area contributed by atoms with E-state index in [9.17, 15) is 4.79 Å². The summed E-state index contributed by atoms with van der Waals surface area (Å²) in [7, 11) is 0. The Morgan fingerprint density at radius 2 is 1.92 bits per heavy atom. The summed E-state index contributed by atoms with van der Waals surface area (Å²) < 4.78 is 0. The summed E-state index contributed by atoms with van der Waals surface area (Å²) in [5, 5.41) is 0. The molecule has 1 rings (SSSR count). The molecule has 0 fully saturated rings. The van der Waals surface area contributed by atoms with Crippen LogP contribution in [0.4, 0.5) is 5.69 Å². The van der Waals surface area contributed by atoms with Gasteiger partial charge in [-0.25, -0.2) is 0 Å². The number of carbonyl (C=O) groups is 1. The Balaban J connectivity index is 2.74. The highest BCUT2D eigenvalue weighted by Gasteiger charge is 2.03. The minimum Gasteiger partial charge on any atom is -0.399 e. The molecule has 3 heteroatoms. The molecule has 0 spiro atoms. The number of rotatable bonds is 3.